The van der Waals surface area contributed by atoms with Gasteiger partial charge in [0.1, 0.15) is 5.82 Å². The van der Waals surface area contributed by atoms with Crippen LogP contribution in [-0.4, -0.2) is 52.5 Å². The molecule has 5 rings (SSSR count). The topological polar surface area (TPSA) is 80.6 Å². The SMILES string of the molecule is Oc1[nH]c2cc(F)ccc2c1C=Nc1ccc(N2CCN(c3ncccn3)CC2)cc1. The van der Waals surface area contributed by atoms with E-state index in [-0.39, 0.29) is 11.7 Å². The second kappa shape index (κ2) is 8.06. The lowest BCUT2D eigenvalue weighted by atomic mass is 10.2. The van der Waals surface area contributed by atoms with Crippen molar-refractivity contribution in [2.24, 2.45) is 4.99 Å². The summed E-state index contributed by atoms with van der Waals surface area (Å²) < 4.78 is 13.4. The van der Waals surface area contributed by atoms with Crippen LogP contribution < -0.4 is 9.80 Å². The summed E-state index contributed by atoms with van der Waals surface area (Å²) >= 11 is 0. The van der Waals surface area contributed by atoms with Crippen LogP contribution in [0.5, 0.6) is 5.88 Å². The van der Waals surface area contributed by atoms with Crippen molar-refractivity contribution in [2.45, 2.75) is 0 Å². The number of H-pyrrole nitrogens is 1. The van der Waals surface area contributed by atoms with E-state index in [4.69, 9.17) is 0 Å². The van der Waals surface area contributed by atoms with Gasteiger partial charge < -0.3 is 19.9 Å². The minimum Gasteiger partial charge on any atom is -0.494 e. The molecule has 8 heteroatoms. The molecular formula is C23H21FN6O. The van der Waals surface area contributed by atoms with E-state index >= 15 is 0 Å². The predicted octanol–water partition coefficient (Wildman–Crippen LogP) is 3.88. The maximum absolute atomic E-state index is 13.4. The van der Waals surface area contributed by atoms with Crippen molar-refractivity contribution in [1.29, 1.82) is 0 Å². The Morgan fingerprint density at radius 1 is 0.968 bits per heavy atom. The molecule has 0 bridgehead atoms. The Morgan fingerprint density at radius 2 is 1.68 bits per heavy atom. The summed E-state index contributed by atoms with van der Waals surface area (Å²) in [5.41, 5.74) is 2.99. The molecule has 1 aliphatic heterocycles. The average molecular weight is 416 g/mol. The first kappa shape index (κ1) is 19.0. The number of benzene rings is 2. The standard InChI is InChI=1S/C23H21FN6O/c24-16-2-7-19-20(22(31)28-21(19)14-16)15-27-17-3-5-18(6-4-17)29-10-12-30(13-11-29)23-25-8-1-9-26-23/h1-9,14-15,28,31H,10-13H2. The highest BCUT2D eigenvalue weighted by atomic mass is 19.1. The fourth-order valence-corrected chi connectivity index (χ4v) is 3.82. The summed E-state index contributed by atoms with van der Waals surface area (Å²) in [5, 5.41) is 10.9. The van der Waals surface area contributed by atoms with E-state index in [2.05, 4.69) is 29.7 Å². The molecule has 0 aliphatic carbocycles. The fourth-order valence-electron chi connectivity index (χ4n) is 3.82. The van der Waals surface area contributed by atoms with E-state index in [1.165, 1.54) is 12.1 Å². The quantitative estimate of drug-likeness (QED) is 0.494. The number of nitrogens with one attached hydrogen (secondary N) is 1. The van der Waals surface area contributed by atoms with Gasteiger partial charge in [0.05, 0.1) is 16.8 Å². The normalized spacial score (nSPS) is 14.6. The van der Waals surface area contributed by atoms with Gasteiger partial charge in [-0.05, 0) is 48.5 Å². The third-order valence-corrected chi connectivity index (χ3v) is 5.45. The van der Waals surface area contributed by atoms with Crippen LogP contribution in [0, 0.1) is 5.82 Å². The molecule has 4 aromatic rings. The third kappa shape index (κ3) is 3.92. The molecule has 0 atom stereocenters. The fraction of sp³-hybridized carbons (Fsp3) is 0.174. The number of aromatic hydroxyl groups is 1. The van der Waals surface area contributed by atoms with Crippen LogP contribution in [0.3, 0.4) is 0 Å². The lowest BCUT2D eigenvalue weighted by molar-refractivity contribution is 0.457. The van der Waals surface area contributed by atoms with Gasteiger partial charge in [-0.2, -0.15) is 0 Å². The number of aromatic nitrogens is 3. The van der Waals surface area contributed by atoms with E-state index in [9.17, 15) is 9.50 Å². The Kier molecular flexibility index (Phi) is 4.95. The Balaban J connectivity index is 1.26. The highest BCUT2D eigenvalue weighted by Crippen LogP contribution is 2.27. The van der Waals surface area contributed by atoms with Gasteiger partial charge >= 0.3 is 0 Å². The molecule has 0 amide bonds. The number of piperazine rings is 1. The smallest absolute Gasteiger partial charge is 0.225 e. The number of halogens is 1. The summed E-state index contributed by atoms with van der Waals surface area (Å²) in [6.07, 6.45) is 5.13. The zero-order chi connectivity index (χ0) is 21.2. The molecule has 31 heavy (non-hydrogen) atoms. The van der Waals surface area contributed by atoms with Gasteiger partial charge in [0.15, 0.2) is 5.88 Å². The van der Waals surface area contributed by atoms with Crippen LogP contribution in [0.1, 0.15) is 5.56 Å². The summed E-state index contributed by atoms with van der Waals surface area (Å²) in [6, 6.07) is 14.2. The molecule has 0 radical (unpaired) electrons. The number of rotatable bonds is 4. The first-order chi connectivity index (χ1) is 15.2. The second-order valence-corrected chi connectivity index (χ2v) is 7.37. The number of aromatic amines is 1. The largest absolute Gasteiger partial charge is 0.494 e. The third-order valence-electron chi connectivity index (χ3n) is 5.45. The van der Waals surface area contributed by atoms with Crippen molar-refractivity contribution in [2.75, 3.05) is 36.0 Å². The number of nitrogens with zero attached hydrogens (tertiary/aromatic N) is 5. The maximum Gasteiger partial charge on any atom is 0.225 e. The molecular weight excluding hydrogens is 395 g/mol. The van der Waals surface area contributed by atoms with E-state index < -0.39 is 0 Å². The minimum atomic E-state index is -0.357. The van der Waals surface area contributed by atoms with Gasteiger partial charge in [-0.3, -0.25) is 4.99 Å². The van der Waals surface area contributed by atoms with E-state index in [0.717, 1.165) is 48.9 Å². The number of fused-ring (bicyclic) bond motifs is 1. The number of anilines is 2. The summed E-state index contributed by atoms with van der Waals surface area (Å²) in [7, 11) is 0. The Labute approximate surface area is 178 Å². The van der Waals surface area contributed by atoms with E-state index in [0.29, 0.717) is 11.1 Å². The maximum atomic E-state index is 13.4. The van der Waals surface area contributed by atoms with Crippen molar-refractivity contribution in [3.63, 3.8) is 0 Å². The summed E-state index contributed by atoms with van der Waals surface area (Å²) in [4.78, 5) is 20.4. The number of aliphatic imine (C=N–C) groups is 1. The van der Waals surface area contributed by atoms with Crippen molar-refractivity contribution < 1.29 is 9.50 Å². The molecule has 2 aromatic carbocycles. The summed E-state index contributed by atoms with van der Waals surface area (Å²) in [5.74, 6) is 0.390. The molecule has 7 nitrogen and oxygen atoms in total. The van der Waals surface area contributed by atoms with Gasteiger partial charge in [-0.15, -0.1) is 0 Å². The van der Waals surface area contributed by atoms with E-state index in [1.54, 1.807) is 24.7 Å². The zero-order valence-corrected chi connectivity index (χ0v) is 16.7. The molecule has 2 N–H and O–H groups in total. The molecule has 1 aliphatic rings. The zero-order valence-electron chi connectivity index (χ0n) is 16.7. The highest BCUT2D eigenvalue weighted by molar-refractivity contribution is 6.02. The van der Waals surface area contributed by atoms with Gasteiger partial charge in [-0.1, -0.05) is 0 Å². The van der Waals surface area contributed by atoms with Crippen LogP contribution >= 0.6 is 0 Å². The predicted molar refractivity (Wildman–Crippen MR) is 120 cm³/mol. The Morgan fingerprint density at radius 3 is 2.42 bits per heavy atom. The van der Waals surface area contributed by atoms with Crippen LogP contribution in [0.4, 0.5) is 21.7 Å². The molecule has 2 aromatic heterocycles. The molecule has 0 unspecified atom stereocenters. The van der Waals surface area contributed by atoms with Crippen molar-refractivity contribution in [3.8, 4) is 5.88 Å². The van der Waals surface area contributed by atoms with Crippen molar-refractivity contribution in [3.05, 3.63) is 72.3 Å². The lowest BCUT2D eigenvalue weighted by Gasteiger charge is -2.36. The van der Waals surface area contributed by atoms with Crippen molar-refractivity contribution in [1.82, 2.24) is 15.0 Å². The average Bonchev–Trinajstić information content (AvgIpc) is 3.12. The molecule has 3 heterocycles. The molecule has 0 saturated carbocycles. The van der Waals surface area contributed by atoms with Crippen LogP contribution in [0.15, 0.2) is 65.9 Å². The monoisotopic (exact) mass is 416 g/mol. The van der Waals surface area contributed by atoms with Crippen molar-refractivity contribution >= 4 is 34.4 Å². The van der Waals surface area contributed by atoms with Gasteiger partial charge in [-0.25, -0.2) is 14.4 Å². The molecule has 1 saturated heterocycles. The first-order valence-corrected chi connectivity index (χ1v) is 10.1. The lowest BCUT2D eigenvalue weighted by Crippen LogP contribution is -2.47. The van der Waals surface area contributed by atoms with Gasteiger partial charge in [0.2, 0.25) is 5.95 Å². The molecule has 156 valence electrons. The number of hydrogen-bond acceptors (Lipinski definition) is 6. The number of hydrogen-bond donors (Lipinski definition) is 2. The summed E-state index contributed by atoms with van der Waals surface area (Å²) in [6.45, 7) is 3.51. The van der Waals surface area contributed by atoms with Crippen LogP contribution in [0.25, 0.3) is 10.9 Å². The molecule has 1 fully saturated rings. The van der Waals surface area contributed by atoms with E-state index in [1.807, 2.05) is 30.3 Å². The van der Waals surface area contributed by atoms with Crippen LogP contribution in [0.2, 0.25) is 0 Å². The first-order valence-electron chi connectivity index (χ1n) is 10.1. The van der Waals surface area contributed by atoms with Crippen LogP contribution in [-0.2, 0) is 0 Å². The Bertz CT molecular complexity index is 1210. The van der Waals surface area contributed by atoms with Gasteiger partial charge in [0.25, 0.3) is 0 Å². The molecule has 0 spiro atoms. The van der Waals surface area contributed by atoms with Gasteiger partial charge in [0, 0.05) is 55.9 Å². The second-order valence-electron chi connectivity index (χ2n) is 7.37. The highest BCUT2D eigenvalue weighted by Gasteiger charge is 2.19. The Hall–Kier alpha value is -3.94. The minimum absolute atomic E-state index is 0.0266.